The molecule has 38 heavy (non-hydrogen) atoms. The molecule has 0 spiro atoms. The van der Waals surface area contributed by atoms with Gasteiger partial charge in [0, 0.05) is 25.4 Å². The van der Waals surface area contributed by atoms with E-state index in [1.165, 1.54) is 7.11 Å². The Labute approximate surface area is 228 Å². The first-order chi connectivity index (χ1) is 17.4. The molecule has 5 unspecified atom stereocenters. The van der Waals surface area contributed by atoms with E-state index in [0.717, 1.165) is 0 Å². The van der Waals surface area contributed by atoms with Crippen LogP contribution < -0.4 is 0 Å². The van der Waals surface area contributed by atoms with Gasteiger partial charge < -0.3 is 34.3 Å². The summed E-state index contributed by atoms with van der Waals surface area (Å²) in [4.78, 5) is 26.6. The van der Waals surface area contributed by atoms with Crippen molar-refractivity contribution in [3.8, 4) is 0 Å². The molecule has 2 saturated heterocycles. The van der Waals surface area contributed by atoms with Crippen molar-refractivity contribution in [2.75, 3.05) is 7.11 Å². The lowest BCUT2D eigenvalue weighted by Crippen LogP contribution is -2.57. The SMILES string of the molecule is CC[C@H]1OC(=O)[C@H](C)[C@@H](OC2CC(C)(OC)C(O)C(C)O2)C(C)C[C@](C)(O)C[C@@H](C)C(=O)[C@H](C)C[C@]1(C)O. The lowest BCUT2D eigenvalue weighted by Gasteiger charge is -2.46. The number of esters is 1. The minimum Gasteiger partial charge on any atom is -0.459 e. The summed E-state index contributed by atoms with van der Waals surface area (Å²) in [6, 6.07) is 0. The Hall–Kier alpha value is -1.10. The molecule has 0 aromatic carbocycles. The lowest BCUT2D eigenvalue weighted by atomic mass is 9.76. The topological polar surface area (TPSA) is 132 Å². The Morgan fingerprint density at radius 3 is 2.08 bits per heavy atom. The number of aliphatic hydroxyl groups is 3. The van der Waals surface area contributed by atoms with Gasteiger partial charge >= 0.3 is 5.97 Å². The van der Waals surface area contributed by atoms with Crippen LogP contribution in [0.2, 0.25) is 0 Å². The minimum atomic E-state index is -1.41. The normalized spacial score (nSPS) is 48.3. The molecule has 0 aromatic heterocycles. The second kappa shape index (κ2) is 12.6. The summed E-state index contributed by atoms with van der Waals surface area (Å²) in [5, 5.41) is 33.2. The molecule has 0 amide bonds. The Balaban J connectivity index is 2.44. The monoisotopic (exact) mass is 544 g/mol. The summed E-state index contributed by atoms with van der Waals surface area (Å²) in [5.41, 5.74) is -3.51. The smallest absolute Gasteiger partial charge is 0.311 e. The third kappa shape index (κ3) is 7.76. The second-order valence-corrected chi connectivity index (χ2v) is 12.8. The molecule has 3 N–H and O–H groups in total. The quantitative estimate of drug-likeness (QED) is 0.456. The first-order valence-electron chi connectivity index (χ1n) is 14.1. The Morgan fingerprint density at radius 1 is 0.947 bits per heavy atom. The van der Waals surface area contributed by atoms with E-state index >= 15 is 0 Å². The highest BCUT2D eigenvalue weighted by molar-refractivity contribution is 5.83. The first-order valence-corrected chi connectivity index (χ1v) is 14.1. The zero-order valence-corrected chi connectivity index (χ0v) is 25.0. The summed E-state index contributed by atoms with van der Waals surface area (Å²) >= 11 is 0. The molecule has 222 valence electrons. The number of aliphatic hydroxyl groups excluding tert-OH is 1. The van der Waals surface area contributed by atoms with Crippen molar-refractivity contribution in [2.45, 2.75) is 142 Å². The molecule has 12 atom stereocenters. The zero-order chi connectivity index (χ0) is 29.2. The minimum absolute atomic E-state index is 0.0420. The molecule has 2 rings (SSSR count). The zero-order valence-electron chi connectivity index (χ0n) is 25.0. The van der Waals surface area contributed by atoms with Crippen molar-refractivity contribution in [3.63, 3.8) is 0 Å². The molecule has 0 bridgehead atoms. The van der Waals surface area contributed by atoms with Crippen molar-refractivity contribution in [2.24, 2.45) is 23.7 Å². The van der Waals surface area contributed by atoms with Gasteiger partial charge in [-0.25, -0.2) is 0 Å². The number of hydrogen-bond donors (Lipinski definition) is 3. The van der Waals surface area contributed by atoms with Crippen molar-refractivity contribution in [3.05, 3.63) is 0 Å². The van der Waals surface area contributed by atoms with Crippen molar-refractivity contribution >= 4 is 11.8 Å². The van der Waals surface area contributed by atoms with Gasteiger partial charge in [0.05, 0.1) is 34.9 Å². The average molecular weight is 545 g/mol. The Bertz CT molecular complexity index is 812. The Kier molecular flexibility index (Phi) is 11.0. The third-order valence-electron chi connectivity index (χ3n) is 8.73. The van der Waals surface area contributed by atoms with Gasteiger partial charge in [0.1, 0.15) is 18.0 Å². The molecular formula is C29H52O9. The maximum atomic E-state index is 13.4. The van der Waals surface area contributed by atoms with Gasteiger partial charge in [-0.15, -0.1) is 0 Å². The van der Waals surface area contributed by atoms with E-state index in [-0.39, 0.29) is 37.4 Å². The molecular weight excluding hydrogens is 492 g/mol. The predicted octanol–water partition coefficient (Wildman–Crippen LogP) is 3.39. The standard InChI is InChI=1S/C29H52O9/c1-11-21-28(8,34)14-17(3)23(30)16(2)12-27(7,33)13-18(4)24(19(5)26(32)37-21)38-22-15-29(9,35-10)25(31)20(6)36-22/h16-22,24-25,31,33-34H,11-15H2,1-10H3/t16-,17-,18?,19-,20?,21-,22?,24+,25?,27-,28+,29?/m1/s1. The van der Waals surface area contributed by atoms with E-state index in [9.17, 15) is 24.9 Å². The van der Waals surface area contributed by atoms with Gasteiger partial charge in [0.25, 0.3) is 0 Å². The van der Waals surface area contributed by atoms with Crippen LogP contribution in [0.25, 0.3) is 0 Å². The number of carbonyl (C=O) groups excluding carboxylic acids is 2. The molecule has 2 aliphatic rings. The fourth-order valence-corrected chi connectivity index (χ4v) is 6.54. The van der Waals surface area contributed by atoms with Crippen molar-refractivity contribution < 1.29 is 43.9 Å². The summed E-state index contributed by atoms with van der Waals surface area (Å²) in [7, 11) is 1.53. The van der Waals surface area contributed by atoms with E-state index in [1.54, 1.807) is 48.5 Å². The number of cyclic esters (lactones) is 1. The van der Waals surface area contributed by atoms with Crippen LogP contribution in [-0.2, 0) is 28.5 Å². The van der Waals surface area contributed by atoms with E-state index in [1.807, 2.05) is 13.8 Å². The average Bonchev–Trinajstić information content (AvgIpc) is 2.81. The fraction of sp³-hybridized carbons (Fsp3) is 0.931. The van der Waals surface area contributed by atoms with E-state index in [4.69, 9.17) is 18.9 Å². The number of ether oxygens (including phenoxy) is 4. The van der Waals surface area contributed by atoms with Crippen LogP contribution in [0, 0.1) is 23.7 Å². The van der Waals surface area contributed by atoms with Gasteiger partial charge in [0.2, 0.25) is 0 Å². The number of carbonyl (C=O) groups is 2. The predicted molar refractivity (Wildman–Crippen MR) is 142 cm³/mol. The van der Waals surface area contributed by atoms with E-state index < -0.39 is 71.2 Å². The number of rotatable bonds is 4. The maximum Gasteiger partial charge on any atom is 0.311 e. The van der Waals surface area contributed by atoms with E-state index in [2.05, 4.69) is 0 Å². The number of Topliss-reactive ketones (excluding diaryl/α,β-unsaturated/α-hetero) is 1. The van der Waals surface area contributed by atoms with Crippen LogP contribution in [0.1, 0.15) is 94.4 Å². The maximum absolute atomic E-state index is 13.4. The summed E-state index contributed by atoms with van der Waals surface area (Å²) in [6.07, 6.45) is -2.41. The van der Waals surface area contributed by atoms with Crippen molar-refractivity contribution in [1.82, 2.24) is 0 Å². The molecule has 0 saturated carbocycles. The number of ketones is 1. The van der Waals surface area contributed by atoms with Crippen LogP contribution in [-0.4, -0.2) is 81.7 Å². The number of hydrogen-bond acceptors (Lipinski definition) is 9. The first kappa shape index (κ1) is 33.1. The highest BCUT2D eigenvalue weighted by Crippen LogP contribution is 2.38. The number of methoxy groups -OCH3 is 1. The summed E-state index contributed by atoms with van der Waals surface area (Å²) in [6.45, 7) is 15.9. The van der Waals surface area contributed by atoms with Gasteiger partial charge in [-0.3, -0.25) is 9.59 Å². The highest BCUT2D eigenvalue weighted by atomic mass is 16.7. The largest absolute Gasteiger partial charge is 0.459 e. The molecule has 2 aliphatic heterocycles. The van der Waals surface area contributed by atoms with Gasteiger partial charge in [-0.05, 0) is 66.2 Å². The van der Waals surface area contributed by atoms with Crippen molar-refractivity contribution in [1.29, 1.82) is 0 Å². The van der Waals surface area contributed by atoms with Crippen LogP contribution >= 0.6 is 0 Å². The van der Waals surface area contributed by atoms with Gasteiger partial charge in [-0.1, -0.05) is 27.7 Å². The third-order valence-corrected chi connectivity index (χ3v) is 8.73. The van der Waals surface area contributed by atoms with Crippen LogP contribution in [0.4, 0.5) is 0 Å². The van der Waals surface area contributed by atoms with Crippen LogP contribution in [0.3, 0.4) is 0 Å². The molecule has 0 radical (unpaired) electrons. The second-order valence-electron chi connectivity index (χ2n) is 12.8. The van der Waals surface area contributed by atoms with Gasteiger partial charge in [0.15, 0.2) is 6.29 Å². The highest BCUT2D eigenvalue weighted by Gasteiger charge is 2.48. The molecule has 0 aromatic rings. The fourth-order valence-electron chi connectivity index (χ4n) is 6.54. The molecule has 0 aliphatic carbocycles. The van der Waals surface area contributed by atoms with Gasteiger partial charge in [-0.2, -0.15) is 0 Å². The summed E-state index contributed by atoms with van der Waals surface area (Å²) < 4.78 is 23.8. The molecule has 9 heteroatoms. The summed E-state index contributed by atoms with van der Waals surface area (Å²) in [5.74, 6) is -2.53. The van der Waals surface area contributed by atoms with Crippen LogP contribution in [0.15, 0.2) is 0 Å². The molecule has 2 fully saturated rings. The Morgan fingerprint density at radius 2 is 1.53 bits per heavy atom. The molecule has 2 heterocycles. The lowest BCUT2D eigenvalue weighted by molar-refractivity contribution is -0.296. The molecule has 9 nitrogen and oxygen atoms in total. The van der Waals surface area contributed by atoms with Crippen LogP contribution in [0.5, 0.6) is 0 Å². The van der Waals surface area contributed by atoms with E-state index in [0.29, 0.717) is 6.42 Å².